The molecule has 2 heterocycles. The first-order valence-corrected chi connectivity index (χ1v) is 9.66. The van der Waals surface area contributed by atoms with Gasteiger partial charge in [-0.3, -0.25) is 4.79 Å². The predicted octanol–water partition coefficient (Wildman–Crippen LogP) is -1.52. The second kappa shape index (κ2) is 14.5. The van der Waals surface area contributed by atoms with Gasteiger partial charge in [0.2, 0.25) is 5.69 Å². The van der Waals surface area contributed by atoms with Gasteiger partial charge in [0.05, 0.1) is 5.56 Å². The summed E-state index contributed by atoms with van der Waals surface area (Å²) < 4.78 is 8.85. The van der Waals surface area contributed by atoms with Crippen LogP contribution >= 0.6 is 0 Å². The number of aromatic carboxylic acids is 1. The van der Waals surface area contributed by atoms with Crippen LogP contribution in [0.25, 0.3) is 16.8 Å². The Labute approximate surface area is 218 Å². The molecule has 1 N–H and O–H groups in total. The van der Waals surface area contributed by atoms with Gasteiger partial charge in [0, 0.05) is 42.0 Å². The first kappa shape index (κ1) is 31.3. The highest BCUT2D eigenvalue weighted by atomic mass is 35.5. The molecule has 4 aromatic rings. The summed E-state index contributed by atoms with van der Waals surface area (Å²) in [7, 11) is 0. The minimum atomic E-state index is -0.920. The number of nitrogens with zero attached hydrogens (tertiary/aromatic N) is 2. The first-order chi connectivity index (χ1) is 15.1. The Morgan fingerprint density at radius 2 is 1.29 bits per heavy atom. The maximum atomic E-state index is 11.0. The number of carbonyl (C=O) groups is 2. The third kappa shape index (κ3) is 7.91. The van der Waals surface area contributed by atoms with Crippen molar-refractivity contribution in [2.24, 2.45) is 0 Å². The monoisotopic (exact) mass is 514 g/mol. The average molecular weight is 515 g/mol. The van der Waals surface area contributed by atoms with Crippen LogP contribution in [0.2, 0.25) is 0 Å². The van der Waals surface area contributed by atoms with Crippen molar-refractivity contribution in [3.8, 4) is 22.6 Å². The summed E-state index contributed by atoms with van der Waals surface area (Å²) in [6, 6.07) is 22.3. The summed E-state index contributed by atoms with van der Waals surface area (Å²) in [4.78, 5) is 21.4. The number of pyridine rings is 2. The van der Waals surface area contributed by atoms with Gasteiger partial charge in [-0.15, -0.1) is 0 Å². The van der Waals surface area contributed by atoms with Crippen LogP contribution in [0.4, 0.5) is 0 Å². The molecule has 0 spiro atoms. The quantitative estimate of drug-likeness (QED) is 0.240. The molecule has 0 aliphatic carbocycles. The van der Waals surface area contributed by atoms with E-state index in [1.807, 2.05) is 70.3 Å². The zero-order valence-corrected chi connectivity index (χ0v) is 18.9. The molecule has 2 aromatic heterocycles. The van der Waals surface area contributed by atoms with E-state index < -0.39 is 5.97 Å². The summed E-state index contributed by atoms with van der Waals surface area (Å²) in [5.41, 5.74) is 4.47. The molecule has 8 heteroatoms. The van der Waals surface area contributed by atoms with E-state index in [0.717, 1.165) is 22.4 Å². The average Bonchev–Trinajstić information content (AvgIpc) is 2.81. The normalized spacial score (nSPS) is 9.26. The molecular formula is C27H28Cl2N2O4. The highest BCUT2D eigenvalue weighted by Gasteiger charge is 2.09. The maximum absolute atomic E-state index is 11.0. The van der Waals surface area contributed by atoms with Crippen LogP contribution in [-0.2, 0) is 11.3 Å². The smallest absolute Gasteiger partial charge is 0.335 e. The van der Waals surface area contributed by atoms with E-state index in [9.17, 15) is 9.59 Å². The molecule has 35 heavy (non-hydrogen) atoms. The third-order valence-corrected chi connectivity index (χ3v) is 4.94. The van der Waals surface area contributed by atoms with Gasteiger partial charge >= 0.3 is 5.97 Å². The van der Waals surface area contributed by atoms with Gasteiger partial charge in [-0.1, -0.05) is 27.0 Å². The number of carbonyl (C=O) groups excluding carboxylic acids is 1. The summed E-state index contributed by atoms with van der Waals surface area (Å²) in [5.74, 6) is -0.414. The van der Waals surface area contributed by atoms with Gasteiger partial charge in [0.1, 0.15) is 5.75 Å². The number of rotatable bonds is 7. The largest absolute Gasteiger partial charge is 1.00 e. The highest BCUT2D eigenvalue weighted by molar-refractivity contribution is 5.87. The van der Waals surface area contributed by atoms with Crippen molar-refractivity contribution in [2.75, 3.05) is 0 Å². The highest BCUT2D eigenvalue weighted by Crippen LogP contribution is 2.17. The Kier molecular flexibility index (Phi) is 13.0. The van der Waals surface area contributed by atoms with Crippen LogP contribution in [0, 0.1) is 0 Å². The van der Waals surface area contributed by atoms with E-state index in [0.29, 0.717) is 18.8 Å². The standard InChI is InChI=1S/C25H19N2O4.2CH4.2ClH/c28-18-31-24-7-5-23(6-8-24)27-15-11-21(12-16-27)20-9-13-26(14-10-20)17-19-1-3-22(4-2-19)25(29)30;;;;/h1-16,18H,17H2;2*1H4;2*1H/q+1;;;;/p-1. The molecule has 0 aliphatic rings. The molecule has 0 fully saturated rings. The van der Waals surface area contributed by atoms with Crippen molar-refractivity contribution in [1.29, 1.82) is 0 Å². The number of halogens is 2. The van der Waals surface area contributed by atoms with Gasteiger partial charge < -0.3 is 34.7 Å². The Balaban J connectivity index is 0.00000289. The van der Waals surface area contributed by atoms with Crippen LogP contribution in [0.1, 0.15) is 30.8 Å². The van der Waals surface area contributed by atoms with Crippen LogP contribution in [-0.4, -0.2) is 17.5 Å². The second-order valence-electron chi connectivity index (χ2n) is 6.96. The SMILES string of the molecule is C.C.O=COc1ccc(-[n+]2ccc(-c3cc[n+](Cc4ccc(C(=O)O)cc4)cc3)cc2)cc1.[Cl-].[Cl-]. The summed E-state index contributed by atoms with van der Waals surface area (Å²) in [6.07, 6.45) is 7.98. The summed E-state index contributed by atoms with van der Waals surface area (Å²) in [6.45, 7) is 1.08. The number of carboxylic acids is 1. The van der Waals surface area contributed by atoms with Crippen molar-refractivity contribution in [1.82, 2.24) is 0 Å². The lowest BCUT2D eigenvalue weighted by molar-refractivity contribution is -0.688. The molecule has 184 valence electrons. The molecule has 0 unspecified atom stereocenters. The number of ether oxygens (including phenoxy) is 1. The van der Waals surface area contributed by atoms with E-state index in [2.05, 4.69) is 12.1 Å². The van der Waals surface area contributed by atoms with Gasteiger partial charge in [-0.25, -0.2) is 9.36 Å². The van der Waals surface area contributed by atoms with Crippen LogP contribution in [0.5, 0.6) is 5.75 Å². The van der Waals surface area contributed by atoms with Crippen LogP contribution in [0.3, 0.4) is 0 Å². The number of benzene rings is 2. The predicted molar refractivity (Wildman–Crippen MR) is 126 cm³/mol. The second-order valence-corrected chi connectivity index (χ2v) is 6.96. The lowest BCUT2D eigenvalue weighted by Gasteiger charge is -2.03. The molecule has 0 radical (unpaired) electrons. The van der Waals surface area contributed by atoms with Crippen molar-refractivity contribution in [3.05, 3.63) is 109 Å². The number of hydrogen-bond acceptors (Lipinski definition) is 3. The molecule has 0 amide bonds. The van der Waals surface area contributed by atoms with E-state index in [1.165, 1.54) is 0 Å². The number of aromatic nitrogens is 2. The molecule has 0 bridgehead atoms. The third-order valence-electron chi connectivity index (χ3n) is 4.94. The molecule has 6 nitrogen and oxygen atoms in total. The zero-order valence-electron chi connectivity index (χ0n) is 17.3. The van der Waals surface area contributed by atoms with E-state index in [1.54, 1.807) is 24.3 Å². The maximum Gasteiger partial charge on any atom is 0.335 e. The minimum absolute atomic E-state index is 0. The van der Waals surface area contributed by atoms with Crippen LogP contribution in [0.15, 0.2) is 97.6 Å². The fraction of sp³-hybridized carbons (Fsp3) is 0.111. The Morgan fingerprint density at radius 1 is 0.771 bits per heavy atom. The van der Waals surface area contributed by atoms with Crippen molar-refractivity contribution >= 4 is 12.4 Å². The van der Waals surface area contributed by atoms with E-state index in [4.69, 9.17) is 9.84 Å². The number of carboxylic acid groups (broad SMARTS) is 1. The topological polar surface area (TPSA) is 71.4 Å². The van der Waals surface area contributed by atoms with Crippen LogP contribution < -0.4 is 38.7 Å². The van der Waals surface area contributed by atoms with Gasteiger partial charge in [0.15, 0.2) is 31.3 Å². The Hall–Kier alpha value is -3.74. The van der Waals surface area contributed by atoms with Gasteiger partial charge in [0.25, 0.3) is 6.47 Å². The fourth-order valence-electron chi connectivity index (χ4n) is 3.26. The molecule has 0 atom stereocenters. The summed E-state index contributed by atoms with van der Waals surface area (Å²) in [5, 5.41) is 8.99. The molecule has 2 aromatic carbocycles. The summed E-state index contributed by atoms with van der Waals surface area (Å²) >= 11 is 0. The fourth-order valence-corrected chi connectivity index (χ4v) is 3.26. The van der Waals surface area contributed by atoms with E-state index >= 15 is 0 Å². The Morgan fingerprint density at radius 3 is 1.77 bits per heavy atom. The zero-order chi connectivity index (χ0) is 21.6. The van der Waals surface area contributed by atoms with E-state index in [-0.39, 0.29) is 45.2 Å². The molecule has 0 saturated carbocycles. The lowest BCUT2D eigenvalue weighted by Crippen LogP contribution is -3.00. The lowest BCUT2D eigenvalue weighted by atomic mass is 10.1. The Bertz CT molecular complexity index is 1200. The van der Waals surface area contributed by atoms with Gasteiger partial charge in [-0.05, 0) is 35.4 Å². The van der Waals surface area contributed by atoms with Crippen molar-refractivity contribution < 1.29 is 53.4 Å². The molecular weight excluding hydrogens is 487 g/mol. The first-order valence-electron chi connectivity index (χ1n) is 9.66. The molecule has 0 saturated heterocycles. The number of hydrogen-bond donors (Lipinski definition) is 1. The van der Waals surface area contributed by atoms with Crippen molar-refractivity contribution in [2.45, 2.75) is 21.4 Å². The van der Waals surface area contributed by atoms with Gasteiger partial charge in [-0.2, -0.15) is 4.57 Å². The van der Waals surface area contributed by atoms with Crippen molar-refractivity contribution in [3.63, 3.8) is 0 Å². The minimum Gasteiger partial charge on any atom is -1.00 e. The molecule has 0 aliphatic heterocycles. The molecule has 4 rings (SSSR count).